The van der Waals surface area contributed by atoms with Crippen molar-refractivity contribution in [2.24, 2.45) is 5.73 Å². The lowest BCUT2D eigenvalue weighted by Gasteiger charge is -2.11. The summed E-state index contributed by atoms with van der Waals surface area (Å²) in [6, 6.07) is 1.93. The average molecular weight is 267 g/mol. The molecule has 2 aromatic rings. The van der Waals surface area contributed by atoms with E-state index in [2.05, 4.69) is 10.1 Å². The molecule has 0 unspecified atom stereocenters. The number of nitrogens with zero attached hydrogens (tertiary/aromatic N) is 3. The van der Waals surface area contributed by atoms with Crippen molar-refractivity contribution < 1.29 is 0 Å². The van der Waals surface area contributed by atoms with Crippen molar-refractivity contribution in [1.29, 1.82) is 0 Å². The molecule has 2 rings (SSSR count). The molecule has 0 aromatic carbocycles. The molecular weight excluding hydrogens is 256 g/mol. The van der Waals surface area contributed by atoms with Crippen LogP contribution in [-0.4, -0.2) is 19.8 Å². The summed E-state index contributed by atoms with van der Waals surface area (Å²) >= 11 is 10.9. The summed E-state index contributed by atoms with van der Waals surface area (Å²) in [6.45, 7) is 3.85. The molecule has 2 heterocycles. The third-order valence-corrected chi connectivity index (χ3v) is 2.74. The third-order valence-electron chi connectivity index (χ3n) is 2.34. The summed E-state index contributed by atoms with van der Waals surface area (Å²) in [5.74, 6) is 0.613. The topological polar surface area (TPSA) is 56.7 Å². The highest BCUT2D eigenvalue weighted by molar-refractivity contribution is 7.80. The molecule has 0 saturated carbocycles. The fourth-order valence-electron chi connectivity index (χ4n) is 1.70. The Hall–Kier alpha value is -1.46. The van der Waals surface area contributed by atoms with Gasteiger partial charge in [-0.25, -0.2) is 9.67 Å². The molecule has 17 heavy (non-hydrogen) atoms. The molecule has 0 spiro atoms. The van der Waals surface area contributed by atoms with Gasteiger partial charge < -0.3 is 5.73 Å². The van der Waals surface area contributed by atoms with E-state index < -0.39 is 0 Å². The van der Waals surface area contributed by atoms with Crippen LogP contribution in [0.4, 0.5) is 0 Å². The Kier molecular flexibility index (Phi) is 3.13. The minimum atomic E-state index is 0.302. The van der Waals surface area contributed by atoms with E-state index in [-0.39, 0.29) is 0 Å². The Balaban J connectivity index is 2.71. The molecule has 0 amide bonds. The molecule has 0 radical (unpaired) electrons. The summed E-state index contributed by atoms with van der Waals surface area (Å²) in [5.41, 5.74) is 8.31. The molecule has 2 aromatic heterocycles. The highest BCUT2D eigenvalue weighted by atomic mass is 35.5. The SMILES string of the molecule is Cc1cc(C)c(C(N)=S)c(-n2cc(Cl)cn2)n1. The van der Waals surface area contributed by atoms with Crippen molar-refractivity contribution in [3.05, 3.63) is 40.3 Å². The van der Waals surface area contributed by atoms with Gasteiger partial charge in [-0.2, -0.15) is 5.10 Å². The molecule has 6 heteroatoms. The van der Waals surface area contributed by atoms with Gasteiger partial charge in [0.2, 0.25) is 0 Å². The molecule has 2 N–H and O–H groups in total. The second kappa shape index (κ2) is 4.43. The molecule has 4 nitrogen and oxygen atoms in total. The van der Waals surface area contributed by atoms with Crippen LogP contribution in [0.1, 0.15) is 16.8 Å². The van der Waals surface area contributed by atoms with Crippen molar-refractivity contribution in [3.63, 3.8) is 0 Å². The number of pyridine rings is 1. The van der Waals surface area contributed by atoms with Crippen LogP contribution in [0.2, 0.25) is 5.02 Å². The maximum atomic E-state index is 5.85. The lowest BCUT2D eigenvalue weighted by atomic mass is 10.1. The lowest BCUT2D eigenvalue weighted by Crippen LogP contribution is -2.17. The van der Waals surface area contributed by atoms with Crippen LogP contribution in [-0.2, 0) is 0 Å². The first-order chi connectivity index (χ1) is 7.99. The van der Waals surface area contributed by atoms with E-state index in [0.29, 0.717) is 15.8 Å². The second-order valence-electron chi connectivity index (χ2n) is 3.75. The molecule has 0 fully saturated rings. The Morgan fingerprint density at radius 1 is 1.47 bits per heavy atom. The summed E-state index contributed by atoms with van der Waals surface area (Å²) in [5, 5.41) is 4.66. The normalized spacial score (nSPS) is 10.5. The quantitative estimate of drug-likeness (QED) is 0.847. The average Bonchev–Trinajstić information content (AvgIpc) is 2.62. The molecule has 0 bridgehead atoms. The fourth-order valence-corrected chi connectivity index (χ4v) is 2.09. The Morgan fingerprint density at radius 2 is 2.18 bits per heavy atom. The number of hydrogen-bond acceptors (Lipinski definition) is 3. The van der Waals surface area contributed by atoms with Crippen molar-refractivity contribution in [2.45, 2.75) is 13.8 Å². The van der Waals surface area contributed by atoms with Crippen LogP contribution in [0, 0.1) is 13.8 Å². The Labute approximate surface area is 109 Å². The highest BCUT2D eigenvalue weighted by Gasteiger charge is 2.13. The van der Waals surface area contributed by atoms with Gasteiger partial charge in [0.15, 0.2) is 5.82 Å². The minimum Gasteiger partial charge on any atom is -0.389 e. The van der Waals surface area contributed by atoms with Crippen molar-refractivity contribution in [2.75, 3.05) is 0 Å². The number of rotatable bonds is 2. The Bertz CT molecular complexity index is 591. The van der Waals surface area contributed by atoms with Crippen LogP contribution in [0.5, 0.6) is 0 Å². The van der Waals surface area contributed by atoms with Crippen molar-refractivity contribution in [1.82, 2.24) is 14.8 Å². The van der Waals surface area contributed by atoms with E-state index in [1.807, 2.05) is 19.9 Å². The van der Waals surface area contributed by atoms with Crippen molar-refractivity contribution >= 4 is 28.8 Å². The minimum absolute atomic E-state index is 0.302. The van der Waals surface area contributed by atoms with Crippen LogP contribution >= 0.6 is 23.8 Å². The third kappa shape index (κ3) is 2.30. The first-order valence-electron chi connectivity index (χ1n) is 4.97. The van der Waals surface area contributed by atoms with Crippen LogP contribution in [0.15, 0.2) is 18.5 Å². The van der Waals surface area contributed by atoms with Gasteiger partial charge in [-0.15, -0.1) is 0 Å². The Morgan fingerprint density at radius 3 is 2.71 bits per heavy atom. The van der Waals surface area contributed by atoms with Gasteiger partial charge >= 0.3 is 0 Å². The maximum Gasteiger partial charge on any atom is 0.164 e. The number of halogens is 1. The standard InChI is InChI=1S/C11H11ClN4S/c1-6-3-7(2)15-11(9(6)10(13)17)16-5-8(12)4-14-16/h3-5H,1-2H3,(H2,13,17). The zero-order valence-corrected chi connectivity index (χ0v) is 11.0. The largest absolute Gasteiger partial charge is 0.389 e. The van der Waals surface area contributed by atoms with E-state index in [4.69, 9.17) is 29.6 Å². The number of hydrogen-bond donors (Lipinski definition) is 1. The summed E-state index contributed by atoms with van der Waals surface area (Å²) in [4.78, 5) is 4.72. The van der Waals surface area contributed by atoms with Crippen LogP contribution < -0.4 is 5.73 Å². The van der Waals surface area contributed by atoms with Gasteiger partial charge in [0, 0.05) is 5.69 Å². The van der Waals surface area contributed by atoms with Gasteiger partial charge in [-0.3, -0.25) is 0 Å². The first-order valence-corrected chi connectivity index (χ1v) is 5.76. The fraction of sp³-hybridized carbons (Fsp3) is 0.182. The summed E-state index contributed by atoms with van der Waals surface area (Å²) in [6.07, 6.45) is 3.22. The van der Waals surface area contributed by atoms with E-state index >= 15 is 0 Å². The zero-order valence-electron chi connectivity index (χ0n) is 9.44. The number of aromatic nitrogens is 3. The van der Waals surface area contributed by atoms with Gasteiger partial charge in [0.25, 0.3) is 0 Å². The van der Waals surface area contributed by atoms with E-state index in [1.54, 1.807) is 17.1 Å². The molecule has 0 atom stereocenters. The van der Waals surface area contributed by atoms with E-state index in [9.17, 15) is 0 Å². The number of nitrogens with two attached hydrogens (primary N) is 1. The van der Waals surface area contributed by atoms with Gasteiger partial charge in [0.1, 0.15) is 4.99 Å². The second-order valence-corrected chi connectivity index (χ2v) is 4.62. The summed E-state index contributed by atoms with van der Waals surface area (Å²) in [7, 11) is 0. The number of aryl methyl sites for hydroxylation is 2. The zero-order chi connectivity index (χ0) is 12.6. The smallest absolute Gasteiger partial charge is 0.164 e. The highest BCUT2D eigenvalue weighted by Crippen LogP contribution is 2.19. The molecule has 0 saturated heterocycles. The van der Waals surface area contributed by atoms with Gasteiger partial charge in [-0.1, -0.05) is 23.8 Å². The molecule has 0 aliphatic heterocycles. The molecular formula is C11H11ClN4S. The molecule has 88 valence electrons. The lowest BCUT2D eigenvalue weighted by molar-refractivity contribution is 0.836. The monoisotopic (exact) mass is 266 g/mol. The molecule has 0 aliphatic carbocycles. The van der Waals surface area contributed by atoms with Crippen LogP contribution in [0.25, 0.3) is 5.82 Å². The van der Waals surface area contributed by atoms with E-state index in [1.165, 1.54) is 0 Å². The first kappa shape index (κ1) is 12.0. The predicted molar refractivity (Wildman–Crippen MR) is 71.7 cm³/mol. The van der Waals surface area contributed by atoms with E-state index in [0.717, 1.165) is 16.8 Å². The number of thiocarbonyl (C=S) groups is 1. The van der Waals surface area contributed by atoms with Crippen LogP contribution in [0.3, 0.4) is 0 Å². The van der Waals surface area contributed by atoms with Crippen molar-refractivity contribution in [3.8, 4) is 5.82 Å². The molecule has 0 aliphatic rings. The maximum absolute atomic E-state index is 5.85. The summed E-state index contributed by atoms with van der Waals surface area (Å²) < 4.78 is 1.58. The van der Waals surface area contributed by atoms with Gasteiger partial charge in [-0.05, 0) is 25.5 Å². The predicted octanol–water partition coefficient (Wildman–Crippen LogP) is 2.17. The van der Waals surface area contributed by atoms with Gasteiger partial charge in [0.05, 0.1) is 23.0 Å².